The van der Waals surface area contributed by atoms with Crippen LogP contribution in [0.3, 0.4) is 0 Å². The summed E-state index contributed by atoms with van der Waals surface area (Å²) in [6, 6.07) is 0.431. The second-order valence-electron chi connectivity index (χ2n) is 5.57. The molecular weight excluding hydrogens is 266 g/mol. The third-order valence-electron chi connectivity index (χ3n) is 3.69. The smallest absolute Gasteiger partial charge is 0.279 e. The molecule has 19 heavy (non-hydrogen) atoms. The fourth-order valence-electron chi connectivity index (χ4n) is 2.20. The summed E-state index contributed by atoms with van der Waals surface area (Å²) < 4.78 is 33.3. The van der Waals surface area contributed by atoms with Crippen molar-refractivity contribution in [3.05, 3.63) is 0 Å². The Kier molecular flexibility index (Phi) is 6.19. The summed E-state index contributed by atoms with van der Waals surface area (Å²) in [7, 11) is -0.288. The number of nitrogens with zero attached hydrogens (tertiary/aromatic N) is 2. The van der Waals surface area contributed by atoms with Gasteiger partial charge in [-0.05, 0) is 19.8 Å². The highest BCUT2D eigenvalue weighted by Gasteiger charge is 2.34. The zero-order chi connectivity index (χ0) is 14.6. The molecule has 2 atom stereocenters. The van der Waals surface area contributed by atoms with Gasteiger partial charge < -0.3 is 4.74 Å². The molecule has 1 aliphatic heterocycles. The minimum absolute atomic E-state index is 0.0163. The Morgan fingerprint density at radius 3 is 2.53 bits per heavy atom. The summed E-state index contributed by atoms with van der Waals surface area (Å²) in [5.74, 6) is 0.327. The fourth-order valence-corrected chi connectivity index (χ4v) is 3.38. The van der Waals surface area contributed by atoms with Crippen molar-refractivity contribution in [2.75, 3.05) is 40.4 Å². The van der Waals surface area contributed by atoms with Gasteiger partial charge in [-0.2, -0.15) is 17.4 Å². The van der Waals surface area contributed by atoms with E-state index in [0.29, 0.717) is 25.1 Å². The number of ether oxygens (including phenoxy) is 1. The van der Waals surface area contributed by atoms with E-state index in [1.165, 1.54) is 4.31 Å². The lowest BCUT2D eigenvalue weighted by atomic mass is 10.1. The van der Waals surface area contributed by atoms with Gasteiger partial charge >= 0.3 is 0 Å². The molecule has 0 aromatic heterocycles. The van der Waals surface area contributed by atoms with E-state index >= 15 is 0 Å². The van der Waals surface area contributed by atoms with Gasteiger partial charge in [0.15, 0.2) is 0 Å². The van der Waals surface area contributed by atoms with E-state index in [2.05, 4.69) is 30.4 Å². The lowest BCUT2D eigenvalue weighted by Crippen LogP contribution is -2.47. The van der Waals surface area contributed by atoms with Gasteiger partial charge in [-0.3, -0.25) is 4.90 Å². The van der Waals surface area contributed by atoms with Crippen molar-refractivity contribution in [1.82, 2.24) is 13.9 Å². The average Bonchev–Trinajstić information content (AvgIpc) is 2.67. The van der Waals surface area contributed by atoms with Gasteiger partial charge in [0.2, 0.25) is 0 Å². The van der Waals surface area contributed by atoms with Crippen LogP contribution in [0.5, 0.6) is 0 Å². The molecule has 0 bridgehead atoms. The Morgan fingerprint density at radius 2 is 2.05 bits per heavy atom. The molecular formula is C12H27N3O3S. The lowest BCUT2D eigenvalue weighted by molar-refractivity contribution is 0.184. The first kappa shape index (κ1) is 16.8. The molecule has 0 aromatic rings. The van der Waals surface area contributed by atoms with Gasteiger partial charge in [0.05, 0.1) is 6.61 Å². The molecule has 0 aromatic carbocycles. The first-order valence-corrected chi connectivity index (χ1v) is 8.18. The molecule has 0 amide bonds. The third-order valence-corrected chi connectivity index (χ3v) is 5.30. The van der Waals surface area contributed by atoms with Gasteiger partial charge in [-0.25, -0.2) is 0 Å². The normalized spacial score (nSPS) is 25.6. The summed E-state index contributed by atoms with van der Waals surface area (Å²) in [4.78, 5) is 2.30. The molecule has 1 heterocycles. The highest BCUT2D eigenvalue weighted by molar-refractivity contribution is 7.87. The maximum Gasteiger partial charge on any atom is 0.279 e. The summed E-state index contributed by atoms with van der Waals surface area (Å²) in [5.41, 5.74) is 0. The van der Waals surface area contributed by atoms with Crippen LogP contribution in [0, 0.1) is 5.92 Å². The predicted molar refractivity (Wildman–Crippen MR) is 76.2 cm³/mol. The maximum atomic E-state index is 12.2. The standard InChI is InChI=1S/C12H27N3O3S/c1-10(2)15-8-11(3)12(9-15)13-19(16,17)14(4)6-7-18-5/h10-13H,6-9H2,1-5H3/t11-,12-/m1/s1. The van der Waals surface area contributed by atoms with Crippen LogP contribution in [-0.4, -0.2) is 70.1 Å². The van der Waals surface area contributed by atoms with E-state index in [-0.39, 0.29) is 6.04 Å². The molecule has 6 nitrogen and oxygen atoms in total. The molecule has 1 saturated heterocycles. The third kappa shape index (κ3) is 4.68. The molecule has 114 valence electrons. The van der Waals surface area contributed by atoms with Crippen molar-refractivity contribution in [1.29, 1.82) is 0 Å². The van der Waals surface area contributed by atoms with Gasteiger partial charge in [-0.1, -0.05) is 6.92 Å². The summed E-state index contributed by atoms with van der Waals surface area (Å²) in [6.45, 7) is 8.83. The molecule has 7 heteroatoms. The number of methoxy groups -OCH3 is 1. The number of likely N-dealkylation sites (N-methyl/N-ethyl adjacent to an activating group) is 1. The average molecular weight is 293 g/mol. The van der Waals surface area contributed by atoms with E-state index in [4.69, 9.17) is 4.74 Å². The summed E-state index contributed by atoms with van der Waals surface area (Å²) in [5, 5.41) is 0. The van der Waals surface area contributed by atoms with Crippen LogP contribution in [-0.2, 0) is 14.9 Å². The highest BCUT2D eigenvalue weighted by atomic mass is 32.2. The molecule has 0 saturated carbocycles. The molecule has 0 spiro atoms. The van der Waals surface area contributed by atoms with Crippen LogP contribution in [0.2, 0.25) is 0 Å². The van der Waals surface area contributed by atoms with Crippen LogP contribution in [0.4, 0.5) is 0 Å². The van der Waals surface area contributed by atoms with Crippen molar-refractivity contribution in [3.8, 4) is 0 Å². The van der Waals surface area contributed by atoms with E-state index in [9.17, 15) is 8.42 Å². The quantitative estimate of drug-likeness (QED) is 0.725. The van der Waals surface area contributed by atoms with Gasteiger partial charge in [-0.15, -0.1) is 0 Å². The zero-order valence-corrected chi connectivity index (χ0v) is 13.4. The van der Waals surface area contributed by atoms with Crippen molar-refractivity contribution in [2.24, 2.45) is 5.92 Å². The molecule has 1 aliphatic rings. The Hall–Kier alpha value is -0.210. The van der Waals surface area contributed by atoms with E-state index in [1.807, 2.05) is 0 Å². The number of hydrogen-bond donors (Lipinski definition) is 1. The molecule has 1 rings (SSSR count). The van der Waals surface area contributed by atoms with Crippen LogP contribution in [0.25, 0.3) is 0 Å². The zero-order valence-electron chi connectivity index (χ0n) is 12.6. The first-order valence-electron chi connectivity index (χ1n) is 6.74. The Bertz CT molecular complexity index is 372. The second kappa shape index (κ2) is 6.99. The number of hydrogen-bond acceptors (Lipinski definition) is 4. The van der Waals surface area contributed by atoms with E-state index < -0.39 is 10.2 Å². The number of rotatable bonds is 7. The van der Waals surface area contributed by atoms with Crippen molar-refractivity contribution >= 4 is 10.2 Å². The van der Waals surface area contributed by atoms with E-state index in [0.717, 1.165) is 13.1 Å². The Morgan fingerprint density at radius 1 is 1.42 bits per heavy atom. The molecule has 1 N–H and O–H groups in total. The topological polar surface area (TPSA) is 61.9 Å². The van der Waals surface area contributed by atoms with Gasteiger partial charge in [0.1, 0.15) is 0 Å². The molecule has 0 aliphatic carbocycles. The van der Waals surface area contributed by atoms with Gasteiger partial charge in [0, 0.05) is 45.9 Å². The summed E-state index contributed by atoms with van der Waals surface area (Å²) >= 11 is 0. The van der Waals surface area contributed by atoms with Crippen LogP contribution >= 0.6 is 0 Å². The largest absolute Gasteiger partial charge is 0.383 e. The first-order chi connectivity index (χ1) is 8.77. The monoisotopic (exact) mass is 293 g/mol. The van der Waals surface area contributed by atoms with Crippen LogP contribution in [0.1, 0.15) is 20.8 Å². The van der Waals surface area contributed by atoms with Crippen molar-refractivity contribution in [3.63, 3.8) is 0 Å². The van der Waals surface area contributed by atoms with E-state index in [1.54, 1.807) is 14.2 Å². The summed E-state index contributed by atoms with van der Waals surface area (Å²) in [6.07, 6.45) is 0. The molecule has 1 fully saturated rings. The minimum atomic E-state index is -3.42. The predicted octanol–water partition coefficient (Wildman–Crippen LogP) is 0.128. The fraction of sp³-hybridized carbons (Fsp3) is 1.00. The number of nitrogens with one attached hydrogen (secondary N) is 1. The SMILES string of the molecule is COCCN(C)S(=O)(=O)N[C@@H]1CN(C(C)C)C[C@H]1C. The lowest BCUT2D eigenvalue weighted by Gasteiger charge is -2.23. The van der Waals surface area contributed by atoms with Gasteiger partial charge in [0.25, 0.3) is 10.2 Å². The van der Waals surface area contributed by atoms with Crippen LogP contribution < -0.4 is 4.72 Å². The minimum Gasteiger partial charge on any atom is -0.383 e. The van der Waals surface area contributed by atoms with Crippen molar-refractivity contribution in [2.45, 2.75) is 32.9 Å². The highest BCUT2D eigenvalue weighted by Crippen LogP contribution is 2.19. The maximum absolute atomic E-state index is 12.2. The molecule has 0 unspecified atom stereocenters. The van der Waals surface area contributed by atoms with Crippen molar-refractivity contribution < 1.29 is 13.2 Å². The Labute approximate surface area is 117 Å². The second-order valence-corrected chi connectivity index (χ2v) is 7.38. The Balaban J connectivity index is 2.58. The number of likely N-dealkylation sites (tertiary alicyclic amines) is 1. The molecule has 0 radical (unpaired) electrons. The van der Waals surface area contributed by atoms with Crippen LogP contribution in [0.15, 0.2) is 0 Å².